The van der Waals surface area contributed by atoms with Gasteiger partial charge < -0.3 is 19.3 Å². The lowest BCUT2D eigenvalue weighted by Gasteiger charge is -2.28. The minimum atomic E-state index is -1.38. The Morgan fingerprint density at radius 1 is 1.04 bits per heavy atom. The smallest absolute Gasteiger partial charge is 0.337 e. The van der Waals surface area contributed by atoms with Crippen molar-refractivity contribution < 1.29 is 28.5 Å². The molecule has 5 aromatic rings. The minimum Gasteiger partial charge on any atom is -0.496 e. The second-order valence-electron chi connectivity index (χ2n) is 12.3. The standard InChI is InChI=1S/C36H36FN3O5/c1-20-24-14-10-16-44-33(24)27(37)18-26(20)32-31(34(35(41)42)45-36(3,4)5)21(2)38-30-19-28(39-40(30)32)23-12-9-11-22(17-23)25-13-7-8-15-29(25)43-6/h7-9,11-13,15,17-19,34H,10,14,16H2,1-6H3,(H,41,42)/t34-/m0/s1. The summed E-state index contributed by atoms with van der Waals surface area (Å²) in [5, 5.41) is 15.4. The zero-order valence-corrected chi connectivity index (χ0v) is 26.3. The molecule has 232 valence electrons. The van der Waals surface area contributed by atoms with E-state index in [1.54, 1.807) is 39.3 Å². The van der Waals surface area contributed by atoms with Crippen molar-refractivity contribution in [3.05, 3.63) is 88.9 Å². The number of hydrogen-bond donors (Lipinski definition) is 1. The Bertz CT molecular complexity index is 1940. The Labute approximate surface area is 261 Å². The monoisotopic (exact) mass is 609 g/mol. The first-order chi connectivity index (χ1) is 21.5. The Hall–Kier alpha value is -4.76. The summed E-state index contributed by atoms with van der Waals surface area (Å²) in [5.41, 5.74) is 6.33. The highest BCUT2D eigenvalue weighted by Crippen LogP contribution is 2.42. The summed E-state index contributed by atoms with van der Waals surface area (Å²) in [7, 11) is 1.64. The number of para-hydroxylation sites is 1. The molecule has 0 radical (unpaired) electrons. The average molecular weight is 610 g/mol. The van der Waals surface area contributed by atoms with Crippen molar-refractivity contribution >= 4 is 11.6 Å². The number of aliphatic carboxylic acids is 1. The molecule has 0 saturated carbocycles. The van der Waals surface area contributed by atoms with Crippen LogP contribution < -0.4 is 9.47 Å². The number of nitrogens with zero attached hydrogens (tertiary/aromatic N) is 3. The van der Waals surface area contributed by atoms with Gasteiger partial charge in [0.2, 0.25) is 0 Å². The highest BCUT2D eigenvalue weighted by molar-refractivity contribution is 5.83. The van der Waals surface area contributed by atoms with E-state index < -0.39 is 23.5 Å². The summed E-state index contributed by atoms with van der Waals surface area (Å²) < 4.78 is 34.7. The van der Waals surface area contributed by atoms with Gasteiger partial charge in [-0.1, -0.05) is 36.4 Å². The molecule has 0 aliphatic carbocycles. The zero-order chi connectivity index (χ0) is 32.0. The third kappa shape index (κ3) is 5.64. The number of carbonyl (C=O) groups is 1. The number of hydrogen-bond acceptors (Lipinski definition) is 6. The molecule has 6 rings (SSSR count). The fourth-order valence-corrected chi connectivity index (χ4v) is 6.07. The summed E-state index contributed by atoms with van der Waals surface area (Å²) >= 11 is 0. The molecule has 1 aliphatic rings. The number of aryl methyl sites for hydroxylation is 1. The molecule has 0 unspecified atom stereocenters. The Kier molecular flexibility index (Phi) is 7.82. The molecule has 1 N–H and O–H groups in total. The van der Waals surface area contributed by atoms with Crippen molar-refractivity contribution in [2.45, 2.75) is 59.2 Å². The highest BCUT2D eigenvalue weighted by atomic mass is 19.1. The van der Waals surface area contributed by atoms with Crippen LogP contribution in [-0.2, 0) is 16.0 Å². The van der Waals surface area contributed by atoms with Crippen LogP contribution in [0.5, 0.6) is 11.5 Å². The van der Waals surface area contributed by atoms with Crippen molar-refractivity contribution in [1.29, 1.82) is 0 Å². The first-order valence-corrected chi connectivity index (χ1v) is 15.0. The largest absolute Gasteiger partial charge is 0.496 e. The molecule has 3 heterocycles. The summed E-state index contributed by atoms with van der Waals surface area (Å²) in [6.45, 7) is 9.51. The molecule has 2 aromatic heterocycles. The topological polar surface area (TPSA) is 95.2 Å². The number of methoxy groups -OCH3 is 1. The molecule has 1 aliphatic heterocycles. The molecular formula is C36H36FN3O5. The van der Waals surface area contributed by atoms with Crippen LogP contribution in [0.3, 0.4) is 0 Å². The van der Waals surface area contributed by atoms with E-state index in [1.807, 2.05) is 61.5 Å². The second kappa shape index (κ2) is 11.6. The minimum absolute atomic E-state index is 0.251. The number of aromatic nitrogens is 3. The number of halogens is 1. The summed E-state index contributed by atoms with van der Waals surface area (Å²) in [6, 6.07) is 19.0. The van der Waals surface area contributed by atoms with Gasteiger partial charge in [0.15, 0.2) is 23.3 Å². The van der Waals surface area contributed by atoms with Gasteiger partial charge in [-0.15, -0.1) is 0 Å². The molecule has 0 spiro atoms. The highest BCUT2D eigenvalue weighted by Gasteiger charge is 2.34. The molecular weight excluding hydrogens is 573 g/mol. The fourth-order valence-electron chi connectivity index (χ4n) is 6.07. The molecule has 1 atom stereocenters. The van der Waals surface area contributed by atoms with Gasteiger partial charge in [0.25, 0.3) is 0 Å². The van der Waals surface area contributed by atoms with E-state index in [0.29, 0.717) is 46.9 Å². The van der Waals surface area contributed by atoms with Crippen LogP contribution in [0.25, 0.3) is 39.3 Å². The maximum absolute atomic E-state index is 15.7. The van der Waals surface area contributed by atoms with Gasteiger partial charge in [0.1, 0.15) is 5.75 Å². The number of fused-ring (bicyclic) bond motifs is 2. The van der Waals surface area contributed by atoms with Gasteiger partial charge in [-0.25, -0.2) is 18.7 Å². The molecule has 45 heavy (non-hydrogen) atoms. The summed E-state index contributed by atoms with van der Waals surface area (Å²) in [5.74, 6) is -0.673. The van der Waals surface area contributed by atoms with E-state index in [9.17, 15) is 9.90 Å². The molecule has 0 amide bonds. The van der Waals surface area contributed by atoms with Crippen molar-refractivity contribution in [1.82, 2.24) is 14.6 Å². The van der Waals surface area contributed by atoms with Crippen molar-refractivity contribution in [3.8, 4) is 45.1 Å². The number of carboxylic acid groups (broad SMARTS) is 1. The number of benzene rings is 3. The van der Waals surface area contributed by atoms with E-state index in [1.165, 1.54) is 6.07 Å². The van der Waals surface area contributed by atoms with Gasteiger partial charge in [-0.05, 0) is 76.8 Å². The van der Waals surface area contributed by atoms with Crippen LogP contribution in [0.2, 0.25) is 0 Å². The van der Waals surface area contributed by atoms with Crippen LogP contribution >= 0.6 is 0 Å². The lowest BCUT2D eigenvalue weighted by Crippen LogP contribution is -2.29. The molecule has 0 saturated heterocycles. The van der Waals surface area contributed by atoms with E-state index in [0.717, 1.165) is 40.0 Å². The zero-order valence-electron chi connectivity index (χ0n) is 26.3. The van der Waals surface area contributed by atoms with Gasteiger partial charge in [0.05, 0.1) is 30.7 Å². The van der Waals surface area contributed by atoms with Gasteiger partial charge >= 0.3 is 5.97 Å². The SMILES string of the molecule is COc1ccccc1-c1cccc(-c2cc3nc(C)c([C@H](OC(C)(C)C)C(=O)O)c(-c4cc(F)c5c(c4C)CCCO5)n3n2)c1. The lowest BCUT2D eigenvalue weighted by atomic mass is 9.91. The van der Waals surface area contributed by atoms with E-state index >= 15 is 4.39 Å². The van der Waals surface area contributed by atoms with Crippen LogP contribution in [0.1, 0.15) is 55.7 Å². The Morgan fingerprint density at radius 3 is 2.53 bits per heavy atom. The first-order valence-electron chi connectivity index (χ1n) is 15.0. The third-order valence-corrected chi connectivity index (χ3v) is 8.06. The normalized spacial score (nSPS) is 13.8. The quantitative estimate of drug-likeness (QED) is 0.202. The number of rotatable bonds is 7. The summed E-state index contributed by atoms with van der Waals surface area (Å²) in [4.78, 5) is 17.6. The maximum atomic E-state index is 15.7. The molecule has 0 bridgehead atoms. The van der Waals surface area contributed by atoms with Crippen LogP contribution in [0, 0.1) is 19.7 Å². The molecule has 3 aromatic carbocycles. The van der Waals surface area contributed by atoms with Crippen LogP contribution in [0.4, 0.5) is 4.39 Å². The second-order valence-corrected chi connectivity index (χ2v) is 12.3. The van der Waals surface area contributed by atoms with Gasteiger partial charge in [0, 0.05) is 39.6 Å². The van der Waals surface area contributed by atoms with E-state index in [4.69, 9.17) is 24.3 Å². The average Bonchev–Trinajstić information content (AvgIpc) is 3.44. The fraction of sp³-hybridized carbons (Fsp3) is 0.306. The predicted octanol–water partition coefficient (Wildman–Crippen LogP) is 7.76. The third-order valence-electron chi connectivity index (χ3n) is 8.06. The number of ether oxygens (including phenoxy) is 3. The molecule has 0 fully saturated rings. The first kappa shape index (κ1) is 30.3. The van der Waals surface area contributed by atoms with E-state index in [-0.39, 0.29) is 5.75 Å². The van der Waals surface area contributed by atoms with Crippen molar-refractivity contribution in [2.24, 2.45) is 0 Å². The molecule has 9 heteroatoms. The Morgan fingerprint density at radius 2 is 1.80 bits per heavy atom. The maximum Gasteiger partial charge on any atom is 0.337 e. The van der Waals surface area contributed by atoms with Crippen molar-refractivity contribution in [2.75, 3.05) is 13.7 Å². The lowest BCUT2D eigenvalue weighted by molar-refractivity contribution is -0.160. The predicted molar refractivity (Wildman–Crippen MR) is 170 cm³/mol. The Balaban J connectivity index is 1.62. The summed E-state index contributed by atoms with van der Waals surface area (Å²) in [6.07, 6.45) is 0.0246. The van der Waals surface area contributed by atoms with Gasteiger partial charge in [-0.2, -0.15) is 5.10 Å². The number of carboxylic acids is 1. The van der Waals surface area contributed by atoms with E-state index in [2.05, 4.69) is 0 Å². The van der Waals surface area contributed by atoms with Gasteiger partial charge in [-0.3, -0.25) is 0 Å². The molecule has 8 nitrogen and oxygen atoms in total. The van der Waals surface area contributed by atoms with Crippen molar-refractivity contribution in [3.63, 3.8) is 0 Å². The van der Waals surface area contributed by atoms with Crippen LogP contribution in [-0.4, -0.2) is 45.0 Å². The van der Waals surface area contributed by atoms with Crippen LogP contribution in [0.15, 0.2) is 60.7 Å².